The molecular formula is C21H25FN2O3. The molecule has 2 N–H and O–H groups in total. The van der Waals surface area contributed by atoms with Crippen molar-refractivity contribution in [3.05, 3.63) is 65.5 Å². The van der Waals surface area contributed by atoms with E-state index in [0.29, 0.717) is 17.7 Å². The zero-order valence-corrected chi connectivity index (χ0v) is 15.6. The highest BCUT2D eigenvalue weighted by atomic mass is 19.1. The van der Waals surface area contributed by atoms with Gasteiger partial charge in [0.1, 0.15) is 23.7 Å². The predicted octanol–water partition coefficient (Wildman–Crippen LogP) is 2.65. The van der Waals surface area contributed by atoms with Crippen molar-refractivity contribution in [2.24, 2.45) is 0 Å². The van der Waals surface area contributed by atoms with Crippen LogP contribution in [-0.4, -0.2) is 42.2 Å². The molecule has 0 aliphatic carbocycles. The van der Waals surface area contributed by atoms with Gasteiger partial charge in [0.15, 0.2) is 0 Å². The Hall–Kier alpha value is -2.44. The number of benzene rings is 2. The lowest BCUT2D eigenvalue weighted by atomic mass is 9.96. The lowest BCUT2D eigenvalue weighted by Gasteiger charge is -2.35. The normalized spacial score (nSPS) is 22.6. The van der Waals surface area contributed by atoms with Crippen LogP contribution >= 0.6 is 0 Å². The van der Waals surface area contributed by atoms with Gasteiger partial charge < -0.3 is 15.2 Å². The van der Waals surface area contributed by atoms with Gasteiger partial charge >= 0.3 is 0 Å². The van der Waals surface area contributed by atoms with E-state index in [0.717, 1.165) is 12.0 Å². The zero-order chi connectivity index (χ0) is 19.4. The minimum atomic E-state index is -0.889. The summed E-state index contributed by atoms with van der Waals surface area (Å²) in [6.45, 7) is -0.0524. The first-order valence-corrected chi connectivity index (χ1v) is 9.04. The second kappa shape index (κ2) is 8.06. The van der Waals surface area contributed by atoms with Gasteiger partial charge in [-0.3, -0.25) is 9.69 Å². The Bertz CT molecular complexity index is 796. The summed E-state index contributed by atoms with van der Waals surface area (Å²) in [4.78, 5) is 14.2. The van der Waals surface area contributed by atoms with Gasteiger partial charge in [-0.25, -0.2) is 4.39 Å². The Kier molecular flexibility index (Phi) is 5.77. The molecule has 0 spiro atoms. The number of carbonyl (C=O) groups excluding carboxylic acids is 1. The van der Waals surface area contributed by atoms with E-state index in [2.05, 4.69) is 5.32 Å². The Morgan fingerprint density at radius 1 is 1.30 bits per heavy atom. The van der Waals surface area contributed by atoms with Crippen molar-refractivity contribution in [3.63, 3.8) is 0 Å². The van der Waals surface area contributed by atoms with Crippen molar-refractivity contribution >= 4 is 5.91 Å². The maximum atomic E-state index is 13.7. The Morgan fingerprint density at radius 2 is 2.00 bits per heavy atom. The summed E-state index contributed by atoms with van der Waals surface area (Å²) < 4.78 is 19.3. The van der Waals surface area contributed by atoms with Crippen LogP contribution in [-0.2, 0) is 11.4 Å². The molecule has 2 aromatic carbocycles. The molecule has 1 aliphatic heterocycles. The fraction of sp³-hybridized carbons (Fsp3) is 0.381. The number of hydrogen-bond donors (Lipinski definition) is 2. The highest BCUT2D eigenvalue weighted by Crippen LogP contribution is 2.41. The molecule has 1 amide bonds. The van der Waals surface area contributed by atoms with Crippen LogP contribution in [0.2, 0.25) is 0 Å². The van der Waals surface area contributed by atoms with E-state index in [9.17, 15) is 14.3 Å². The van der Waals surface area contributed by atoms with Gasteiger partial charge in [0.05, 0.1) is 6.61 Å². The molecule has 1 aliphatic rings. The van der Waals surface area contributed by atoms with Crippen LogP contribution in [0.4, 0.5) is 4.39 Å². The maximum absolute atomic E-state index is 13.7. The van der Waals surface area contributed by atoms with Crippen LogP contribution in [0.25, 0.3) is 0 Å². The summed E-state index contributed by atoms with van der Waals surface area (Å²) in [6, 6.07) is 14.2. The predicted molar refractivity (Wildman–Crippen MR) is 101 cm³/mol. The number of ether oxygens (including phenoxy) is 1. The van der Waals surface area contributed by atoms with E-state index in [4.69, 9.17) is 4.74 Å². The molecule has 0 saturated carbocycles. The van der Waals surface area contributed by atoms with Crippen molar-refractivity contribution in [2.75, 3.05) is 20.7 Å². The van der Waals surface area contributed by atoms with E-state index < -0.39 is 5.54 Å². The molecule has 0 radical (unpaired) electrons. The summed E-state index contributed by atoms with van der Waals surface area (Å²) in [5, 5.41) is 12.5. The highest BCUT2D eigenvalue weighted by molar-refractivity contribution is 5.86. The first-order chi connectivity index (χ1) is 13.0. The molecule has 1 fully saturated rings. The summed E-state index contributed by atoms with van der Waals surface area (Å²) in [7, 11) is 3.45. The van der Waals surface area contributed by atoms with Crippen molar-refractivity contribution in [1.29, 1.82) is 0 Å². The quantitative estimate of drug-likeness (QED) is 0.818. The Morgan fingerprint density at radius 3 is 2.63 bits per heavy atom. The van der Waals surface area contributed by atoms with Gasteiger partial charge in [-0.2, -0.15) is 0 Å². The number of aliphatic hydroxyl groups excluding tert-OH is 1. The summed E-state index contributed by atoms with van der Waals surface area (Å²) in [5.74, 6) is 0.207. The number of likely N-dealkylation sites (tertiary alicyclic amines) is 1. The summed E-state index contributed by atoms with van der Waals surface area (Å²) >= 11 is 0. The monoisotopic (exact) mass is 372 g/mol. The molecule has 2 aromatic rings. The average molecular weight is 372 g/mol. The average Bonchev–Trinajstić information content (AvgIpc) is 3.04. The Labute approximate surface area is 158 Å². The second-order valence-corrected chi connectivity index (χ2v) is 6.88. The fourth-order valence-corrected chi connectivity index (χ4v) is 3.77. The van der Waals surface area contributed by atoms with E-state index in [1.54, 1.807) is 25.2 Å². The van der Waals surface area contributed by atoms with Crippen LogP contribution in [0.1, 0.15) is 30.0 Å². The van der Waals surface area contributed by atoms with Crippen molar-refractivity contribution in [1.82, 2.24) is 10.2 Å². The number of amides is 1. The summed E-state index contributed by atoms with van der Waals surface area (Å²) in [5.41, 5.74) is 0.671. The lowest BCUT2D eigenvalue weighted by molar-refractivity contribution is -0.134. The lowest BCUT2D eigenvalue weighted by Crippen LogP contribution is -2.56. The number of nitrogens with zero attached hydrogens (tertiary/aromatic N) is 1. The number of nitrogens with one attached hydrogen (secondary N) is 1. The number of rotatable bonds is 6. The summed E-state index contributed by atoms with van der Waals surface area (Å²) in [6.07, 6.45) is 1.37. The molecule has 1 heterocycles. The van der Waals surface area contributed by atoms with Crippen LogP contribution in [0, 0.1) is 5.82 Å². The standard InChI is InChI=1S/C21H25FN2O3/c1-23-20(26)21(14-25)12-11-19(24(21)2)15-7-9-17(10-8-15)27-13-16-5-3-4-6-18(16)22/h3-10,19,25H,11-14H2,1-2H3,(H,23,26)/t19-,21-/m1/s1. The van der Waals surface area contributed by atoms with Gasteiger partial charge in [-0.15, -0.1) is 0 Å². The molecule has 0 unspecified atom stereocenters. The minimum Gasteiger partial charge on any atom is -0.489 e. The molecular weight excluding hydrogens is 347 g/mol. The minimum absolute atomic E-state index is 0.0371. The van der Waals surface area contributed by atoms with Gasteiger partial charge in [0.2, 0.25) is 5.91 Å². The first-order valence-electron chi connectivity index (χ1n) is 9.04. The number of hydrogen-bond acceptors (Lipinski definition) is 4. The number of likely N-dealkylation sites (N-methyl/N-ethyl adjacent to an activating group) is 2. The van der Waals surface area contributed by atoms with E-state index in [-0.39, 0.29) is 31.0 Å². The van der Waals surface area contributed by atoms with E-state index in [1.165, 1.54) is 6.07 Å². The largest absolute Gasteiger partial charge is 0.489 e. The van der Waals surface area contributed by atoms with Crippen molar-refractivity contribution in [3.8, 4) is 5.75 Å². The molecule has 2 atom stereocenters. The third kappa shape index (κ3) is 3.68. The van der Waals surface area contributed by atoms with E-state index >= 15 is 0 Å². The van der Waals surface area contributed by atoms with Crippen LogP contribution in [0.5, 0.6) is 5.75 Å². The third-order valence-corrected chi connectivity index (χ3v) is 5.50. The van der Waals surface area contributed by atoms with Crippen molar-refractivity contribution in [2.45, 2.75) is 31.0 Å². The second-order valence-electron chi connectivity index (χ2n) is 6.88. The number of carbonyl (C=O) groups is 1. The molecule has 6 heteroatoms. The molecule has 27 heavy (non-hydrogen) atoms. The number of aliphatic hydroxyl groups is 1. The van der Waals surface area contributed by atoms with Gasteiger partial charge in [0, 0.05) is 18.7 Å². The molecule has 5 nitrogen and oxygen atoms in total. The molecule has 0 aromatic heterocycles. The topological polar surface area (TPSA) is 61.8 Å². The highest BCUT2D eigenvalue weighted by Gasteiger charge is 2.49. The van der Waals surface area contributed by atoms with E-state index in [1.807, 2.05) is 36.2 Å². The van der Waals surface area contributed by atoms with Crippen molar-refractivity contribution < 1.29 is 19.0 Å². The third-order valence-electron chi connectivity index (χ3n) is 5.50. The van der Waals surface area contributed by atoms with Crippen LogP contribution < -0.4 is 10.1 Å². The fourth-order valence-electron chi connectivity index (χ4n) is 3.77. The molecule has 144 valence electrons. The molecule has 3 rings (SSSR count). The Balaban J connectivity index is 1.69. The smallest absolute Gasteiger partial charge is 0.242 e. The SMILES string of the molecule is CNC(=O)[C@]1(CO)CC[C@H](c2ccc(OCc3ccccc3F)cc2)N1C. The first kappa shape index (κ1) is 19.3. The molecule has 0 bridgehead atoms. The van der Waals surface area contributed by atoms with Gasteiger partial charge in [-0.1, -0.05) is 30.3 Å². The zero-order valence-electron chi connectivity index (χ0n) is 15.6. The van der Waals surface area contributed by atoms with Crippen LogP contribution in [0.15, 0.2) is 48.5 Å². The van der Waals surface area contributed by atoms with Gasteiger partial charge in [0.25, 0.3) is 0 Å². The number of halogens is 1. The van der Waals surface area contributed by atoms with Gasteiger partial charge in [-0.05, 0) is 43.7 Å². The van der Waals surface area contributed by atoms with Crippen LogP contribution in [0.3, 0.4) is 0 Å². The maximum Gasteiger partial charge on any atom is 0.242 e. The molecule has 1 saturated heterocycles.